The standard InChI is InChI=1S/C13H16FNO5/c1-9-7-12(10(14)8-11(9)15(18)19)20-6-4-2-3-5-13(16)17/h7-8H,2-6H2,1H3,(H,16,17). The first-order chi connectivity index (χ1) is 9.41. The van der Waals surface area contributed by atoms with Crippen LogP contribution in [-0.2, 0) is 4.79 Å². The Bertz CT molecular complexity index is 504. The van der Waals surface area contributed by atoms with E-state index in [2.05, 4.69) is 0 Å². The van der Waals surface area contributed by atoms with Gasteiger partial charge >= 0.3 is 5.97 Å². The van der Waals surface area contributed by atoms with Crippen molar-refractivity contribution in [2.45, 2.75) is 32.6 Å². The van der Waals surface area contributed by atoms with Crippen molar-refractivity contribution in [2.24, 2.45) is 0 Å². The van der Waals surface area contributed by atoms with E-state index in [1.54, 1.807) is 0 Å². The molecular weight excluding hydrogens is 269 g/mol. The highest BCUT2D eigenvalue weighted by molar-refractivity contribution is 5.66. The number of unbranched alkanes of at least 4 members (excludes halogenated alkanes) is 2. The second-order valence-corrected chi connectivity index (χ2v) is 4.38. The molecule has 20 heavy (non-hydrogen) atoms. The summed E-state index contributed by atoms with van der Waals surface area (Å²) in [6.07, 6.45) is 1.91. The van der Waals surface area contributed by atoms with Crippen LogP contribution >= 0.6 is 0 Å². The molecule has 1 N–H and O–H groups in total. The van der Waals surface area contributed by atoms with Crippen molar-refractivity contribution in [3.05, 3.63) is 33.6 Å². The third-order valence-electron chi connectivity index (χ3n) is 2.74. The van der Waals surface area contributed by atoms with E-state index in [-0.39, 0.29) is 24.5 Å². The summed E-state index contributed by atoms with van der Waals surface area (Å²) in [6.45, 7) is 1.76. The zero-order valence-corrected chi connectivity index (χ0v) is 11.1. The van der Waals surface area contributed by atoms with Crippen LogP contribution in [0.3, 0.4) is 0 Å². The first kappa shape index (κ1) is 15.9. The average Bonchev–Trinajstić information content (AvgIpc) is 2.36. The van der Waals surface area contributed by atoms with Gasteiger partial charge in [0, 0.05) is 12.0 Å². The molecule has 0 radical (unpaired) electrons. The van der Waals surface area contributed by atoms with E-state index < -0.39 is 16.7 Å². The lowest BCUT2D eigenvalue weighted by molar-refractivity contribution is -0.385. The number of aryl methyl sites for hydroxylation is 1. The number of ether oxygens (including phenoxy) is 1. The van der Waals surface area contributed by atoms with Gasteiger partial charge in [-0.05, 0) is 32.3 Å². The van der Waals surface area contributed by atoms with Gasteiger partial charge in [-0.3, -0.25) is 14.9 Å². The van der Waals surface area contributed by atoms with Crippen LogP contribution in [0.4, 0.5) is 10.1 Å². The lowest BCUT2D eigenvalue weighted by Crippen LogP contribution is -2.02. The van der Waals surface area contributed by atoms with Gasteiger partial charge in [0.05, 0.1) is 17.6 Å². The van der Waals surface area contributed by atoms with Crippen LogP contribution in [-0.4, -0.2) is 22.6 Å². The number of nitrogens with zero attached hydrogens (tertiary/aromatic N) is 1. The van der Waals surface area contributed by atoms with E-state index in [9.17, 15) is 19.3 Å². The van der Waals surface area contributed by atoms with Crippen molar-refractivity contribution < 1.29 is 24.0 Å². The van der Waals surface area contributed by atoms with E-state index in [1.807, 2.05) is 0 Å². The molecule has 0 aliphatic carbocycles. The topological polar surface area (TPSA) is 89.7 Å². The van der Waals surface area contributed by atoms with Gasteiger partial charge in [0.15, 0.2) is 11.6 Å². The lowest BCUT2D eigenvalue weighted by atomic mass is 10.2. The Morgan fingerprint density at radius 2 is 2.10 bits per heavy atom. The summed E-state index contributed by atoms with van der Waals surface area (Å²) in [5.74, 6) is -1.64. The summed E-state index contributed by atoms with van der Waals surface area (Å²) >= 11 is 0. The highest BCUT2D eigenvalue weighted by Crippen LogP contribution is 2.27. The van der Waals surface area contributed by atoms with Crippen LogP contribution in [0, 0.1) is 22.9 Å². The maximum Gasteiger partial charge on any atom is 0.303 e. The summed E-state index contributed by atoms with van der Waals surface area (Å²) in [5.41, 5.74) is 0.0496. The highest BCUT2D eigenvalue weighted by atomic mass is 19.1. The number of carboxylic acid groups (broad SMARTS) is 1. The van der Waals surface area contributed by atoms with Crippen molar-refractivity contribution in [1.29, 1.82) is 0 Å². The van der Waals surface area contributed by atoms with Crippen LogP contribution in [0.2, 0.25) is 0 Å². The molecule has 0 fully saturated rings. The van der Waals surface area contributed by atoms with E-state index in [1.165, 1.54) is 13.0 Å². The van der Waals surface area contributed by atoms with Crippen molar-refractivity contribution in [3.63, 3.8) is 0 Å². The molecular formula is C13H16FNO5. The Morgan fingerprint density at radius 3 is 2.70 bits per heavy atom. The lowest BCUT2D eigenvalue weighted by Gasteiger charge is -2.08. The molecule has 1 aromatic rings. The van der Waals surface area contributed by atoms with Gasteiger partial charge < -0.3 is 9.84 Å². The fourth-order valence-corrected chi connectivity index (χ4v) is 1.69. The number of aliphatic carboxylic acids is 1. The SMILES string of the molecule is Cc1cc(OCCCCCC(=O)O)c(F)cc1[N+](=O)[O-]. The second-order valence-electron chi connectivity index (χ2n) is 4.38. The van der Waals surface area contributed by atoms with Crippen LogP contribution in [0.1, 0.15) is 31.2 Å². The Hall–Kier alpha value is -2.18. The molecule has 0 spiro atoms. The number of carboxylic acids is 1. The van der Waals surface area contributed by atoms with Crippen molar-refractivity contribution in [3.8, 4) is 5.75 Å². The van der Waals surface area contributed by atoms with Crippen LogP contribution in [0.5, 0.6) is 5.75 Å². The Morgan fingerprint density at radius 1 is 1.40 bits per heavy atom. The molecule has 0 aromatic heterocycles. The van der Waals surface area contributed by atoms with Crippen LogP contribution < -0.4 is 4.74 Å². The first-order valence-electron chi connectivity index (χ1n) is 6.21. The monoisotopic (exact) mass is 285 g/mol. The molecule has 0 saturated heterocycles. The molecule has 1 aromatic carbocycles. The minimum Gasteiger partial charge on any atom is -0.491 e. The van der Waals surface area contributed by atoms with E-state index >= 15 is 0 Å². The molecule has 6 nitrogen and oxygen atoms in total. The summed E-state index contributed by atoms with van der Waals surface area (Å²) < 4.78 is 18.8. The third-order valence-corrected chi connectivity index (χ3v) is 2.74. The molecule has 1 rings (SSSR count). The van der Waals surface area contributed by atoms with Crippen molar-refractivity contribution in [2.75, 3.05) is 6.61 Å². The minimum atomic E-state index is -0.844. The van der Waals surface area contributed by atoms with Crippen LogP contribution in [0.25, 0.3) is 0 Å². The number of hydrogen-bond donors (Lipinski definition) is 1. The summed E-state index contributed by atoms with van der Waals surface area (Å²) in [5, 5.41) is 19.1. The molecule has 0 bridgehead atoms. The fraction of sp³-hybridized carbons (Fsp3) is 0.462. The zero-order valence-electron chi connectivity index (χ0n) is 11.1. The zero-order chi connectivity index (χ0) is 15.1. The molecule has 0 saturated carbocycles. The third kappa shape index (κ3) is 4.83. The van der Waals surface area contributed by atoms with Crippen LogP contribution in [0.15, 0.2) is 12.1 Å². The number of nitro groups is 1. The summed E-state index contributed by atoms with van der Waals surface area (Å²) in [7, 11) is 0. The predicted molar refractivity (Wildman–Crippen MR) is 69.4 cm³/mol. The number of nitro benzene ring substituents is 1. The smallest absolute Gasteiger partial charge is 0.303 e. The van der Waals surface area contributed by atoms with Crippen molar-refractivity contribution in [1.82, 2.24) is 0 Å². The highest BCUT2D eigenvalue weighted by Gasteiger charge is 2.16. The Balaban J connectivity index is 2.47. The minimum absolute atomic E-state index is 0.0219. The maximum atomic E-state index is 13.6. The quantitative estimate of drug-likeness (QED) is 0.450. The first-order valence-corrected chi connectivity index (χ1v) is 6.21. The Kier molecular flexibility index (Phi) is 5.89. The van der Waals surface area contributed by atoms with E-state index in [4.69, 9.17) is 9.84 Å². The molecule has 0 atom stereocenters. The average molecular weight is 285 g/mol. The summed E-state index contributed by atoms with van der Waals surface area (Å²) in [4.78, 5) is 20.3. The normalized spacial score (nSPS) is 10.3. The van der Waals surface area contributed by atoms with Gasteiger partial charge in [-0.2, -0.15) is 0 Å². The van der Waals surface area contributed by atoms with Gasteiger partial charge in [0.25, 0.3) is 5.69 Å². The second kappa shape index (κ2) is 7.42. The molecule has 0 amide bonds. The van der Waals surface area contributed by atoms with Gasteiger partial charge in [-0.1, -0.05) is 0 Å². The van der Waals surface area contributed by atoms with Gasteiger partial charge in [0.2, 0.25) is 0 Å². The molecule has 0 unspecified atom stereocenters. The number of carbonyl (C=O) groups is 1. The van der Waals surface area contributed by atoms with Crippen molar-refractivity contribution >= 4 is 11.7 Å². The largest absolute Gasteiger partial charge is 0.491 e. The maximum absolute atomic E-state index is 13.6. The van der Waals surface area contributed by atoms with Gasteiger partial charge in [-0.15, -0.1) is 0 Å². The molecule has 7 heteroatoms. The summed E-state index contributed by atoms with van der Waals surface area (Å²) in [6, 6.07) is 2.14. The number of rotatable bonds is 8. The number of benzene rings is 1. The fourth-order valence-electron chi connectivity index (χ4n) is 1.69. The van der Waals surface area contributed by atoms with E-state index in [0.717, 1.165) is 6.07 Å². The predicted octanol–water partition coefficient (Wildman–Crippen LogP) is 3.07. The number of hydrogen-bond acceptors (Lipinski definition) is 4. The Labute approximate surface area is 115 Å². The van der Waals surface area contributed by atoms with E-state index in [0.29, 0.717) is 24.8 Å². The van der Waals surface area contributed by atoms with Gasteiger partial charge in [-0.25, -0.2) is 4.39 Å². The molecule has 0 heterocycles. The van der Waals surface area contributed by atoms with Gasteiger partial charge in [0.1, 0.15) is 0 Å². The molecule has 0 aliphatic heterocycles. The molecule has 0 aliphatic rings. The number of halogens is 1. The molecule has 110 valence electrons.